The summed E-state index contributed by atoms with van der Waals surface area (Å²) in [4.78, 5) is 11.8. The zero-order valence-electron chi connectivity index (χ0n) is 12.7. The molecule has 1 aromatic heterocycles. The number of aryl methyl sites for hydroxylation is 1. The van der Waals surface area contributed by atoms with Gasteiger partial charge in [-0.05, 0) is 36.4 Å². The summed E-state index contributed by atoms with van der Waals surface area (Å²) in [6, 6.07) is 13.5. The molecule has 0 saturated carbocycles. The summed E-state index contributed by atoms with van der Waals surface area (Å²) >= 11 is 0. The summed E-state index contributed by atoms with van der Waals surface area (Å²) in [6.07, 6.45) is 0. The summed E-state index contributed by atoms with van der Waals surface area (Å²) in [5.74, 6) is -0.666. The van der Waals surface area contributed by atoms with E-state index in [2.05, 4.69) is 11.4 Å². The molecule has 0 aliphatic rings. The number of hydrogen-bond acceptors (Lipinski definition) is 2. The topological polar surface area (TPSA) is 57.8 Å². The van der Waals surface area contributed by atoms with Crippen molar-refractivity contribution in [1.82, 2.24) is 9.88 Å². The molecule has 4 nitrogen and oxygen atoms in total. The number of carbonyl (C=O) groups is 1. The molecular formula is C18H14FN3O. The van der Waals surface area contributed by atoms with Crippen molar-refractivity contribution in [3.63, 3.8) is 0 Å². The second-order valence-electron chi connectivity index (χ2n) is 5.25. The van der Waals surface area contributed by atoms with Crippen LogP contribution in [0.4, 0.5) is 4.39 Å². The van der Waals surface area contributed by atoms with Crippen LogP contribution in [-0.2, 0) is 7.05 Å². The Morgan fingerprint density at radius 1 is 1.22 bits per heavy atom. The number of nitriles is 1. The molecule has 1 amide bonds. The first-order chi connectivity index (χ1) is 11.0. The lowest BCUT2D eigenvalue weighted by molar-refractivity contribution is 0.0963. The van der Waals surface area contributed by atoms with Crippen LogP contribution in [0.5, 0.6) is 0 Å². The lowest BCUT2D eigenvalue weighted by atomic mass is 10.1. The normalized spacial score (nSPS) is 10.5. The third kappa shape index (κ3) is 2.44. The molecule has 5 heteroatoms. The van der Waals surface area contributed by atoms with Crippen molar-refractivity contribution in [2.24, 2.45) is 7.05 Å². The largest absolute Gasteiger partial charge is 0.355 e. The third-order valence-electron chi connectivity index (χ3n) is 3.91. The Morgan fingerprint density at radius 2 is 2.00 bits per heavy atom. The summed E-state index contributed by atoms with van der Waals surface area (Å²) < 4.78 is 16.1. The standard InChI is InChI=1S/C18H14FN3O/c1-21-18(23)13-5-6-15(19)14(8-13)17-9-12-4-3-11(10-20)7-16(12)22(17)2/h3-9H,1-2H3,(H,21,23). The Hall–Kier alpha value is -3.13. The maximum Gasteiger partial charge on any atom is 0.251 e. The van der Waals surface area contributed by atoms with Gasteiger partial charge < -0.3 is 9.88 Å². The summed E-state index contributed by atoms with van der Waals surface area (Å²) in [7, 11) is 3.34. The number of carbonyl (C=O) groups excluding carboxylic acids is 1. The van der Waals surface area contributed by atoms with Gasteiger partial charge in [0.2, 0.25) is 0 Å². The van der Waals surface area contributed by atoms with Crippen molar-refractivity contribution in [1.29, 1.82) is 5.26 Å². The van der Waals surface area contributed by atoms with Gasteiger partial charge in [0.15, 0.2) is 0 Å². The summed E-state index contributed by atoms with van der Waals surface area (Å²) in [5, 5.41) is 12.5. The van der Waals surface area contributed by atoms with Crippen LogP contribution in [0.2, 0.25) is 0 Å². The fourth-order valence-corrected chi connectivity index (χ4v) is 2.67. The van der Waals surface area contributed by atoms with E-state index >= 15 is 0 Å². The fourth-order valence-electron chi connectivity index (χ4n) is 2.67. The van der Waals surface area contributed by atoms with Gasteiger partial charge in [-0.25, -0.2) is 4.39 Å². The molecular weight excluding hydrogens is 293 g/mol. The molecule has 114 valence electrons. The van der Waals surface area contributed by atoms with Gasteiger partial charge in [-0.2, -0.15) is 5.26 Å². The Balaban J connectivity index is 2.23. The van der Waals surface area contributed by atoms with Crippen LogP contribution >= 0.6 is 0 Å². The lowest BCUT2D eigenvalue weighted by Crippen LogP contribution is -2.17. The molecule has 3 rings (SSSR count). The van der Waals surface area contributed by atoms with Crippen molar-refractivity contribution in [3.8, 4) is 17.3 Å². The van der Waals surface area contributed by atoms with Gasteiger partial charge in [0.25, 0.3) is 5.91 Å². The van der Waals surface area contributed by atoms with Crippen LogP contribution in [0, 0.1) is 17.1 Å². The van der Waals surface area contributed by atoms with Crippen molar-refractivity contribution in [2.75, 3.05) is 7.05 Å². The molecule has 0 atom stereocenters. The van der Waals surface area contributed by atoms with Gasteiger partial charge in [0, 0.05) is 36.1 Å². The SMILES string of the molecule is CNC(=O)c1ccc(F)c(-c2cc3ccc(C#N)cc3n2C)c1. The van der Waals surface area contributed by atoms with Gasteiger partial charge in [-0.1, -0.05) is 6.07 Å². The minimum atomic E-state index is -0.399. The molecule has 1 N–H and O–H groups in total. The maximum absolute atomic E-state index is 14.3. The number of nitrogens with one attached hydrogen (secondary N) is 1. The van der Waals surface area contributed by atoms with Gasteiger partial charge in [0.1, 0.15) is 5.82 Å². The zero-order chi connectivity index (χ0) is 16.6. The molecule has 23 heavy (non-hydrogen) atoms. The smallest absolute Gasteiger partial charge is 0.251 e. The number of nitrogens with zero attached hydrogens (tertiary/aromatic N) is 2. The number of fused-ring (bicyclic) bond motifs is 1. The number of aromatic nitrogens is 1. The Bertz CT molecular complexity index is 966. The number of hydrogen-bond donors (Lipinski definition) is 1. The molecule has 0 bridgehead atoms. The molecule has 0 fully saturated rings. The van der Waals surface area contributed by atoms with Crippen molar-refractivity contribution >= 4 is 16.8 Å². The highest BCUT2D eigenvalue weighted by atomic mass is 19.1. The predicted octanol–water partition coefficient (Wildman–Crippen LogP) is 3.22. The van der Waals surface area contributed by atoms with Crippen LogP contribution in [0.1, 0.15) is 15.9 Å². The van der Waals surface area contributed by atoms with Crippen LogP contribution < -0.4 is 5.32 Å². The summed E-state index contributed by atoms with van der Waals surface area (Å²) in [6.45, 7) is 0. The molecule has 0 radical (unpaired) electrons. The molecule has 3 aromatic rings. The van der Waals surface area contributed by atoms with Gasteiger partial charge in [-0.3, -0.25) is 4.79 Å². The lowest BCUT2D eigenvalue weighted by Gasteiger charge is -2.08. The van der Waals surface area contributed by atoms with Crippen LogP contribution in [0.15, 0.2) is 42.5 Å². The van der Waals surface area contributed by atoms with Gasteiger partial charge in [0.05, 0.1) is 17.3 Å². The van der Waals surface area contributed by atoms with E-state index in [0.29, 0.717) is 22.4 Å². The van der Waals surface area contributed by atoms with E-state index in [1.165, 1.54) is 25.2 Å². The average Bonchev–Trinajstić information content (AvgIpc) is 2.90. The first kappa shape index (κ1) is 14.8. The van der Waals surface area contributed by atoms with E-state index in [9.17, 15) is 9.18 Å². The molecule has 2 aromatic carbocycles. The predicted molar refractivity (Wildman–Crippen MR) is 86.4 cm³/mol. The van der Waals surface area contributed by atoms with Crippen LogP contribution in [0.3, 0.4) is 0 Å². The first-order valence-electron chi connectivity index (χ1n) is 7.06. The fraction of sp³-hybridized carbons (Fsp3) is 0.111. The summed E-state index contributed by atoms with van der Waals surface area (Å²) in [5.41, 5.74) is 2.78. The number of halogens is 1. The average molecular weight is 307 g/mol. The first-order valence-corrected chi connectivity index (χ1v) is 7.06. The minimum Gasteiger partial charge on any atom is -0.355 e. The van der Waals surface area contributed by atoms with E-state index in [4.69, 9.17) is 5.26 Å². The third-order valence-corrected chi connectivity index (χ3v) is 3.91. The number of rotatable bonds is 2. The molecule has 0 aliphatic heterocycles. The highest BCUT2D eigenvalue weighted by Crippen LogP contribution is 2.30. The Labute approximate surface area is 132 Å². The highest BCUT2D eigenvalue weighted by Gasteiger charge is 2.15. The van der Waals surface area contributed by atoms with Crippen molar-refractivity contribution in [3.05, 3.63) is 59.4 Å². The number of amides is 1. The molecule has 0 aliphatic carbocycles. The van der Waals surface area contributed by atoms with Crippen molar-refractivity contribution in [2.45, 2.75) is 0 Å². The maximum atomic E-state index is 14.3. The van der Waals surface area contributed by atoms with E-state index < -0.39 is 5.82 Å². The van der Waals surface area contributed by atoms with E-state index in [1.807, 2.05) is 23.7 Å². The zero-order valence-corrected chi connectivity index (χ0v) is 12.7. The Kier molecular flexibility index (Phi) is 3.59. The highest BCUT2D eigenvalue weighted by molar-refractivity contribution is 5.96. The quantitative estimate of drug-likeness (QED) is 0.790. The Morgan fingerprint density at radius 3 is 2.70 bits per heavy atom. The number of benzene rings is 2. The molecule has 0 unspecified atom stereocenters. The van der Waals surface area contributed by atoms with E-state index in [1.54, 1.807) is 12.1 Å². The monoisotopic (exact) mass is 307 g/mol. The van der Waals surface area contributed by atoms with Gasteiger partial charge in [-0.15, -0.1) is 0 Å². The molecule has 0 saturated heterocycles. The van der Waals surface area contributed by atoms with E-state index in [0.717, 1.165) is 10.9 Å². The second kappa shape index (κ2) is 5.58. The van der Waals surface area contributed by atoms with Gasteiger partial charge >= 0.3 is 0 Å². The van der Waals surface area contributed by atoms with Crippen LogP contribution in [0.25, 0.3) is 22.2 Å². The van der Waals surface area contributed by atoms with E-state index in [-0.39, 0.29) is 5.91 Å². The molecule has 0 spiro atoms. The minimum absolute atomic E-state index is 0.267. The molecule has 1 heterocycles. The van der Waals surface area contributed by atoms with Crippen molar-refractivity contribution < 1.29 is 9.18 Å². The van der Waals surface area contributed by atoms with Crippen LogP contribution in [-0.4, -0.2) is 17.5 Å². The second-order valence-corrected chi connectivity index (χ2v) is 5.25.